The van der Waals surface area contributed by atoms with E-state index in [9.17, 15) is 13.2 Å². The molecule has 2 aromatic carbocycles. The van der Waals surface area contributed by atoms with E-state index in [4.69, 9.17) is 0 Å². The van der Waals surface area contributed by atoms with E-state index in [1.807, 2.05) is 43.3 Å². The normalized spacial score (nSPS) is 11.8. The van der Waals surface area contributed by atoms with Gasteiger partial charge in [-0.15, -0.1) is 11.8 Å². The van der Waals surface area contributed by atoms with Gasteiger partial charge in [-0.25, -0.2) is 13.4 Å². The van der Waals surface area contributed by atoms with Gasteiger partial charge in [0.05, 0.1) is 16.3 Å². The first-order valence-electron chi connectivity index (χ1n) is 11.0. The number of anilines is 1. The first-order chi connectivity index (χ1) is 16.2. The lowest BCUT2D eigenvalue weighted by Crippen LogP contribution is -2.16. The number of nitrogens with zero attached hydrogens (tertiary/aromatic N) is 2. The van der Waals surface area contributed by atoms with Gasteiger partial charge in [-0.2, -0.15) is 0 Å². The van der Waals surface area contributed by atoms with Crippen LogP contribution in [0.2, 0.25) is 0 Å². The number of benzene rings is 2. The minimum Gasteiger partial charge on any atom is -0.278 e. The number of para-hydroxylation sites is 1. The van der Waals surface area contributed by atoms with Crippen molar-refractivity contribution >= 4 is 33.1 Å². The van der Waals surface area contributed by atoms with Crippen LogP contribution in [0.25, 0.3) is 5.65 Å². The predicted molar refractivity (Wildman–Crippen MR) is 138 cm³/mol. The molecule has 0 saturated heterocycles. The summed E-state index contributed by atoms with van der Waals surface area (Å²) in [7, 11) is -3.74. The molecular formula is C26H27N3O3S2. The lowest BCUT2D eigenvalue weighted by Gasteiger charge is -2.13. The number of pyridine rings is 1. The fraction of sp³-hybridized carbons (Fsp3) is 0.231. The molecule has 0 amide bonds. The first-order valence-corrected chi connectivity index (χ1v) is 13.5. The number of aromatic nitrogens is 2. The van der Waals surface area contributed by atoms with E-state index in [1.165, 1.54) is 22.2 Å². The molecule has 6 nitrogen and oxygen atoms in total. The Morgan fingerprint density at radius 2 is 1.76 bits per heavy atom. The second-order valence-electron chi connectivity index (χ2n) is 8.60. The fourth-order valence-corrected chi connectivity index (χ4v) is 5.74. The molecule has 8 heteroatoms. The molecule has 0 fully saturated rings. The average molecular weight is 494 g/mol. The minimum atomic E-state index is -3.74. The van der Waals surface area contributed by atoms with Gasteiger partial charge < -0.3 is 0 Å². The number of sulfonamides is 1. The molecular weight excluding hydrogens is 466 g/mol. The molecule has 0 bridgehead atoms. The van der Waals surface area contributed by atoms with Crippen molar-refractivity contribution in [2.75, 3.05) is 4.72 Å². The molecule has 0 unspecified atom stereocenters. The van der Waals surface area contributed by atoms with E-state index in [0.717, 1.165) is 22.4 Å². The van der Waals surface area contributed by atoms with E-state index in [-0.39, 0.29) is 10.5 Å². The van der Waals surface area contributed by atoms with Crippen molar-refractivity contribution in [1.82, 2.24) is 9.38 Å². The van der Waals surface area contributed by atoms with Crippen LogP contribution < -0.4 is 10.3 Å². The zero-order chi connectivity index (χ0) is 24.3. The smallest absolute Gasteiger partial charge is 0.261 e. The van der Waals surface area contributed by atoms with E-state index in [1.54, 1.807) is 30.5 Å². The zero-order valence-electron chi connectivity index (χ0n) is 19.4. The molecule has 0 aliphatic rings. The fourth-order valence-electron chi connectivity index (χ4n) is 3.69. The summed E-state index contributed by atoms with van der Waals surface area (Å²) in [5.74, 6) is 0.935. The van der Waals surface area contributed by atoms with Crippen LogP contribution in [-0.2, 0) is 22.2 Å². The van der Waals surface area contributed by atoms with Gasteiger partial charge in [-0.3, -0.25) is 13.9 Å². The Morgan fingerprint density at radius 3 is 2.50 bits per heavy atom. The lowest BCUT2D eigenvalue weighted by molar-refractivity contribution is 0.601. The highest BCUT2D eigenvalue weighted by molar-refractivity contribution is 7.98. The molecule has 4 aromatic rings. The molecule has 4 rings (SSSR count). The first kappa shape index (κ1) is 24.0. The van der Waals surface area contributed by atoms with Crippen LogP contribution in [0.1, 0.15) is 30.7 Å². The van der Waals surface area contributed by atoms with E-state index in [2.05, 4.69) is 23.6 Å². The number of hydrogen-bond acceptors (Lipinski definition) is 5. The van der Waals surface area contributed by atoms with Gasteiger partial charge in [0.2, 0.25) is 0 Å². The van der Waals surface area contributed by atoms with Crippen molar-refractivity contribution in [3.05, 3.63) is 100 Å². The monoisotopic (exact) mass is 493 g/mol. The zero-order valence-corrected chi connectivity index (χ0v) is 21.0. The lowest BCUT2D eigenvalue weighted by atomic mass is 10.0. The Morgan fingerprint density at radius 1 is 1.03 bits per heavy atom. The molecule has 34 heavy (non-hydrogen) atoms. The van der Waals surface area contributed by atoms with Gasteiger partial charge in [-0.1, -0.05) is 44.2 Å². The third-order valence-electron chi connectivity index (χ3n) is 5.32. The van der Waals surface area contributed by atoms with E-state index < -0.39 is 10.0 Å². The van der Waals surface area contributed by atoms with Crippen molar-refractivity contribution in [1.29, 1.82) is 0 Å². The molecule has 176 valence electrons. The molecule has 0 radical (unpaired) electrons. The van der Waals surface area contributed by atoms with Gasteiger partial charge in [0.1, 0.15) is 5.65 Å². The Hall–Kier alpha value is -3.10. The summed E-state index contributed by atoms with van der Waals surface area (Å²) in [5.41, 5.74) is 3.65. The van der Waals surface area contributed by atoms with E-state index >= 15 is 0 Å². The maximum absolute atomic E-state index is 13.0. The molecule has 0 aliphatic carbocycles. The minimum absolute atomic E-state index is 0.140. The summed E-state index contributed by atoms with van der Waals surface area (Å²) in [5, 5.41) is 0. The highest BCUT2D eigenvalue weighted by Gasteiger charge is 2.17. The number of hydrogen-bond donors (Lipinski definition) is 1. The number of fused-ring (bicyclic) bond motifs is 1. The van der Waals surface area contributed by atoms with Crippen molar-refractivity contribution in [3.63, 3.8) is 0 Å². The van der Waals surface area contributed by atoms with Crippen molar-refractivity contribution < 1.29 is 8.42 Å². The molecule has 0 saturated carbocycles. The van der Waals surface area contributed by atoms with Crippen LogP contribution in [0.15, 0.2) is 87.5 Å². The predicted octanol–water partition coefficient (Wildman–Crippen LogP) is 5.29. The highest BCUT2D eigenvalue weighted by atomic mass is 32.2. The summed E-state index contributed by atoms with van der Waals surface area (Å²) in [6.07, 6.45) is 2.60. The largest absolute Gasteiger partial charge is 0.278 e. The second-order valence-corrected chi connectivity index (χ2v) is 11.3. The van der Waals surface area contributed by atoms with Crippen molar-refractivity contribution in [2.45, 2.75) is 42.7 Å². The Balaban J connectivity index is 1.54. The molecule has 2 heterocycles. The van der Waals surface area contributed by atoms with Crippen LogP contribution in [0.4, 0.5) is 5.69 Å². The van der Waals surface area contributed by atoms with E-state index in [0.29, 0.717) is 28.7 Å². The van der Waals surface area contributed by atoms with Gasteiger partial charge in [-0.05, 0) is 60.7 Å². The third-order valence-corrected chi connectivity index (χ3v) is 7.81. The van der Waals surface area contributed by atoms with Crippen molar-refractivity contribution in [2.24, 2.45) is 5.92 Å². The van der Waals surface area contributed by atoms with Crippen molar-refractivity contribution in [3.8, 4) is 0 Å². The van der Waals surface area contributed by atoms with Gasteiger partial charge in [0.15, 0.2) is 0 Å². The maximum Gasteiger partial charge on any atom is 0.261 e. The molecule has 0 aliphatic heterocycles. The maximum atomic E-state index is 13.0. The molecule has 2 aromatic heterocycles. The highest BCUT2D eigenvalue weighted by Crippen LogP contribution is 2.31. The molecule has 1 N–H and O–H groups in total. The standard InChI is InChI=1S/C26H27N3O3S2/c1-18(2)15-20-10-12-22(13-11-20)34(31,32)28-23-8-4-5-9-24(23)33-17-21-16-25(30)29-14-6-7-19(3)26(29)27-21/h4-14,16,18,28H,15,17H2,1-3H3. The number of nitrogens with one attached hydrogen (secondary N) is 1. The average Bonchev–Trinajstić information content (AvgIpc) is 2.79. The molecule has 0 spiro atoms. The van der Waals surface area contributed by atoms with Crippen LogP contribution >= 0.6 is 11.8 Å². The van der Waals surface area contributed by atoms with Crippen LogP contribution in [0.3, 0.4) is 0 Å². The summed E-state index contributed by atoms with van der Waals surface area (Å²) in [6.45, 7) is 6.18. The summed E-state index contributed by atoms with van der Waals surface area (Å²) >= 11 is 1.43. The third kappa shape index (κ3) is 5.51. The quantitative estimate of drug-likeness (QED) is 0.337. The van der Waals surface area contributed by atoms with Gasteiger partial charge >= 0.3 is 0 Å². The second kappa shape index (κ2) is 10.0. The summed E-state index contributed by atoms with van der Waals surface area (Å²) < 4.78 is 30.3. The Kier molecular flexibility index (Phi) is 7.09. The van der Waals surface area contributed by atoms with Crippen LogP contribution in [0, 0.1) is 12.8 Å². The van der Waals surface area contributed by atoms with Crippen LogP contribution in [0.5, 0.6) is 0 Å². The Bertz CT molecular complexity index is 1480. The van der Waals surface area contributed by atoms with Crippen LogP contribution in [-0.4, -0.2) is 17.8 Å². The Labute approximate surface area is 204 Å². The topological polar surface area (TPSA) is 80.5 Å². The summed E-state index contributed by atoms with van der Waals surface area (Å²) in [4.78, 5) is 18.1. The van der Waals surface area contributed by atoms with Gasteiger partial charge in [0, 0.05) is 22.9 Å². The van der Waals surface area contributed by atoms with Gasteiger partial charge in [0.25, 0.3) is 15.6 Å². The summed E-state index contributed by atoms with van der Waals surface area (Å²) in [6, 6.07) is 19.5. The SMILES string of the molecule is Cc1cccn2c(=O)cc(CSc3ccccc3NS(=O)(=O)c3ccc(CC(C)C)cc3)nc12. The number of thioether (sulfide) groups is 1. The number of aryl methyl sites for hydroxylation is 1. The molecule has 0 atom stereocenters. The number of rotatable bonds is 8.